The number of amides is 1. The first-order chi connectivity index (χ1) is 11.1. The summed E-state index contributed by atoms with van der Waals surface area (Å²) in [5.74, 6) is -0.233. The van der Waals surface area contributed by atoms with Gasteiger partial charge in [0.1, 0.15) is 0 Å². The number of halogens is 1. The first-order valence-electron chi connectivity index (χ1n) is 6.57. The maximum Gasteiger partial charge on any atom is 0.255 e. The molecular weight excluding hydrogens is 332 g/mol. The van der Waals surface area contributed by atoms with Gasteiger partial charge in [-0.15, -0.1) is 0 Å². The highest BCUT2D eigenvalue weighted by molar-refractivity contribution is 8.13. The van der Waals surface area contributed by atoms with Crippen molar-refractivity contribution in [3.63, 3.8) is 0 Å². The molecule has 0 bridgehead atoms. The molecule has 0 unspecified atom stereocenters. The molecule has 2 rings (SSSR count). The van der Waals surface area contributed by atoms with Crippen molar-refractivity contribution in [2.75, 3.05) is 11.6 Å². The van der Waals surface area contributed by atoms with Gasteiger partial charge in [-0.05, 0) is 48.7 Å². The van der Waals surface area contributed by atoms with E-state index in [1.165, 1.54) is 11.8 Å². The van der Waals surface area contributed by atoms with E-state index in [1.54, 1.807) is 48.5 Å². The molecule has 7 heteroatoms. The van der Waals surface area contributed by atoms with Gasteiger partial charge in [0, 0.05) is 16.3 Å². The van der Waals surface area contributed by atoms with E-state index in [0.29, 0.717) is 27.1 Å². The number of carbonyl (C=O) groups excluding carboxylic acids is 1. The number of nitrogens with zero attached hydrogens (tertiary/aromatic N) is 2. The minimum Gasteiger partial charge on any atom is -0.322 e. The fourth-order valence-corrected chi connectivity index (χ4v) is 2.22. The van der Waals surface area contributed by atoms with Gasteiger partial charge in [-0.25, -0.2) is 4.99 Å². The van der Waals surface area contributed by atoms with E-state index in [1.807, 2.05) is 12.4 Å². The van der Waals surface area contributed by atoms with Crippen molar-refractivity contribution in [3.05, 3.63) is 59.1 Å². The van der Waals surface area contributed by atoms with Crippen molar-refractivity contribution < 1.29 is 4.79 Å². The molecule has 0 aromatic heterocycles. The van der Waals surface area contributed by atoms with E-state index in [2.05, 4.69) is 15.6 Å². The zero-order chi connectivity index (χ0) is 16.7. The smallest absolute Gasteiger partial charge is 0.255 e. The van der Waals surface area contributed by atoms with Gasteiger partial charge in [0.25, 0.3) is 5.91 Å². The number of rotatable bonds is 3. The minimum absolute atomic E-state index is 0.233. The van der Waals surface area contributed by atoms with Crippen LogP contribution < -0.4 is 10.6 Å². The topological polar surface area (TPSA) is 77.3 Å². The number of carbonyl (C=O) groups is 1. The van der Waals surface area contributed by atoms with Crippen molar-refractivity contribution >= 4 is 45.8 Å². The monoisotopic (exact) mass is 344 g/mol. The number of hydrogen-bond donors (Lipinski definition) is 2. The fraction of sp³-hybridized carbons (Fsp3) is 0.0625. The molecule has 0 fully saturated rings. The van der Waals surface area contributed by atoms with E-state index < -0.39 is 0 Å². The summed E-state index contributed by atoms with van der Waals surface area (Å²) in [6.07, 6.45) is 3.64. The second-order valence-electron chi connectivity index (χ2n) is 4.37. The lowest BCUT2D eigenvalue weighted by Gasteiger charge is -2.06. The Hall–Kier alpha value is -2.49. The maximum absolute atomic E-state index is 12.2. The molecule has 0 saturated carbocycles. The van der Waals surface area contributed by atoms with E-state index in [-0.39, 0.29) is 5.91 Å². The third-order valence-electron chi connectivity index (χ3n) is 2.80. The van der Waals surface area contributed by atoms with Gasteiger partial charge >= 0.3 is 0 Å². The lowest BCUT2D eigenvalue weighted by Crippen LogP contribution is -2.13. The molecule has 0 aliphatic rings. The predicted octanol–water partition coefficient (Wildman–Crippen LogP) is 4.01. The maximum atomic E-state index is 12.2. The van der Waals surface area contributed by atoms with E-state index >= 15 is 0 Å². The SMILES string of the molecule is CSC(=Nc1cccc(NC(=O)c2ccc(Cl)cc2)c1)NC#N. The van der Waals surface area contributed by atoms with Crippen molar-refractivity contribution in [1.82, 2.24) is 5.32 Å². The van der Waals surface area contributed by atoms with Crippen LogP contribution in [0.3, 0.4) is 0 Å². The van der Waals surface area contributed by atoms with Crippen molar-refractivity contribution in [3.8, 4) is 6.19 Å². The Bertz CT molecular complexity index is 768. The summed E-state index contributed by atoms with van der Waals surface area (Å²) in [7, 11) is 0. The summed E-state index contributed by atoms with van der Waals surface area (Å²) in [6, 6.07) is 13.7. The molecular formula is C16H13ClN4OS. The number of aliphatic imine (C=N–C) groups is 1. The number of benzene rings is 2. The van der Waals surface area contributed by atoms with Gasteiger partial charge in [-0.3, -0.25) is 10.1 Å². The molecule has 0 aliphatic carbocycles. The van der Waals surface area contributed by atoms with Gasteiger partial charge in [0.15, 0.2) is 11.4 Å². The molecule has 0 radical (unpaired) electrons. The molecule has 0 heterocycles. The van der Waals surface area contributed by atoms with Crippen LogP contribution in [0.15, 0.2) is 53.5 Å². The molecule has 116 valence electrons. The third-order valence-corrected chi connectivity index (χ3v) is 3.63. The molecule has 0 saturated heterocycles. The minimum atomic E-state index is -0.233. The van der Waals surface area contributed by atoms with Crippen LogP contribution in [0, 0.1) is 11.5 Å². The Morgan fingerprint density at radius 3 is 2.65 bits per heavy atom. The van der Waals surface area contributed by atoms with E-state index in [4.69, 9.17) is 16.9 Å². The number of nitrogens with one attached hydrogen (secondary N) is 2. The Morgan fingerprint density at radius 1 is 1.26 bits per heavy atom. The van der Waals surface area contributed by atoms with Gasteiger partial charge < -0.3 is 5.32 Å². The molecule has 5 nitrogen and oxygen atoms in total. The summed E-state index contributed by atoms with van der Waals surface area (Å²) in [5.41, 5.74) is 1.76. The van der Waals surface area contributed by atoms with Crippen LogP contribution in [0.25, 0.3) is 0 Å². The van der Waals surface area contributed by atoms with Gasteiger partial charge in [-0.1, -0.05) is 29.4 Å². The average molecular weight is 345 g/mol. The number of thioether (sulfide) groups is 1. The molecule has 1 amide bonds. The Morgan fingerprint density at radius 2 is 2.00 bits per heavy atom. The van der Waals surface area contributed by atoms with Crippen molar-refractivity contribution in [2.45, 2.75) is 0 Å². The molecule has 2 N–H and O–H groups in total. The quantitative estimate of drug-likeness (QED) is 0.381. The van der Waals surface area contributed by atoms with Gasteiger partial charge in [0.2, 0.25) is 0 Å². The lowest BCUT2D eigenvalue weighted by molar-refractivity contribution is 0.102. The largest absolute Gasteiger partial charge is 0.322 e. The Labute approximate surface area is 143 Å². The van der Waals surface area contributed by atoms with Crippen molar-refractivity contribution in [1.29, 1.82) is 5.26 Å². The standard InChI is InChI=1S/C16H13ClN4OS/c1-23-16(19-10-18)21-14-4-2-3-13(9-14)20-15(22)11-5-7-12(17)8-6-11/h2-9H,1H3,(H,19,21)(H,20,22). The van der Waals surface area contributed by atoms with Crippen LogP contribution in [-0.2, 0) is 0 Å². The molecule has 0 aliphatic heterocycles. The number of anilines is 1. The highest BCUT2D eigenvalue weighted by atomic mass is 35.5. The van der Waals surface area contributed by atoms with Crippen LogP contribution in [-0.4, -0.2) is 17.3 Å². The molecule has 23 heavy (non-hydrogen) atoms. The molecule has 0 spiro atoms. The van der Waals surface area contributed by atoms with Gasteiger partial charge in [0.05, 0.1) is 5.69 Å². The highest BCUT2D eigenvalue weighted by Gasteiger charge is 2.06. The zero-order valence-electron chi connectivity index (χ0n) is 12.2. The van der Waals surface area contributed by atoms with Crippen LogP contribution in [0.5, 0.6) is 0 Å². The van der Waals surface area contributed by atoms with Crippen LogP contribution in [0.4, 0.5) is 11.4 Å². The number of hydrogen-bond acceptors (Lipinski definition) is 4. The second-order valence-corrected chi connectivity index (χ2v) is 5.60. The van der Waals surface area contributed by atoms with E-state index in [0.717, 1.165) is 0 Å². The molecule has 2 aromatic carbocycles. The average Bonchev–Trinajstić information content (AvgIpc) is 2.55. The fourth-order valence-electron chi connectivity index (χ4n) is 1.75. The second kappa shape index (κ2) is 8.22. The third kappa shape index (κ3) is 5.02. The Balaban J connectivity index is 2.15. The Kier molecular flexibility index (Phi) is 6.03. The zero-order valence-corrected chi connectivity index (χ0v) is 13.8. The molecule has 2 aromatic rings. The van der Waals surface area contributed by atoms with Crippen LogP contribution in [0.2, 0.25) is 5.02 Å². The first-order valence-corrected chi connectivity index (χ1v) is 8.17. The van der Waals surface area contributed by atoms with Crippen LogP contribution >= 0.6 is 23.4 Å². The summed E-state index contributed by atoms with van der Waals surface area (Å²) >= 11 is 7.13. The predicted molar refractivity (Wildman–Crippen MR) is 95.2 cm³/mol. The number of amidine groups is 1. The lowest BCUT2D eigenvalue weighted by atomic mass is 10.2. The van der Waals surface area contributed by atoms with E-state index in [9.17, 15) is 4.79 Å². The van der Waals surface area contributed by atoms with Crippen LogP contribution in [0.1, 0.15) is 10.4 Å². The summed E-state index contributed by atoms with van der Waals surface area (Å²) in [4.78, 5) is 16.5. The summed E-state index contributed by atoms with van der Waals surface area (Å²) in [6.45, 7) is 0. The first kappa shape index (κ1) is 16.9. The van der Waals surface area contributed by atoms with Gasteiger partial charge in [-0.2, -0.15) is 5.26 Å². The highest BCUT2D eigenvalue weighted by Crippen LogP contribution is 2.20. The summed E-state index contributed by atoms with van der Waals surface area (Å²) in [5, 5.41) is 15.0. The molecule has 0 atom stereocenters. The normalized spacial score (nSPS) is 10.7. The summed E-state index contributed by atoms with van der Waals surface area (Å²) < 4.78 is 0. The van der Waals surface area contributed by atoms with Crippen molar-refractivity contribution in [2.24, 2.45) is 4.99 Å². The number of nitriles is 1.